The monoisotopic (exact) mass is 348 g/mol. The molecule has 1 aromatic carbocycles. The topological polar surface area (TPSA) is 64.2 Å². The van der Waals surface area contributed by atoms with Crippen LogP contribution in [0.2, 0.25) is 0 Å². The zero-order chi connectivity index (χ0) is 17.5. The van der Waals surface area contributed by atoms with Gasteiger partial charge in [-0.05, 0) is 24.8 Å². The van der Waals surface area contributed by atoms with E-state index in [1.807, 2.05) is 29.3 Å². The van der Waals surface area contributed by atoms with Crippen LogP contribution in [-0.2, 0) is 25.9 Å². The Balaban J connectivity index is 1.54. The van der Waals surface area contributed by atoms with E-state index in [-0.39, 0.29) is 11.9 Å². The summed E-state index contributed by atoms with van der Waals surface area (Å²) in [6, 6.07) is 10.1. The molecule has 0 radical (unpaired) electrons. The molecule has 5 rings (SSSR count). The SMILES string of the molecule is O=C(c1noc2c1CCCC2)N1Cc2nccn2CC1c1ccccc1. The van der Waals surface area contributed by atoms with E-state index in [0.717, 1.165) is 48.4 Å². The van der Waals surface area contributed by atoms with E-state index in [1.165, 1.54) is 0 Å². The van der Waals surface area contributed by atoms with Crippen molar-refractivity contribution in [2.24, 2.45) is 0 Å². The second-order valence-corrected chi connectivity index (χ2v) is 7.00. The average Bonchev–Trinajstić information content (AvgIpc) is 3.33. The minimum absolute atomic E-state index is 0.0404. The van der Waals surface area contributed by atoms with Crippen LogP contribution in [0.3, 0.4) is 0 Å². The average molecular weight is 348 g/mol. The second kappa shape index (κ2) is 6.12. The number of hydrogen-bond acceptors (Lipinski definition) is 4. The summed E-state index contributed by atoms with van der Waals surface area (Å²) in [5, 5.41) is 4.15. The Morgan fingerprint density at radius 1 is 1.15 bits per heavy atom. The first kappa shape index (κ1) is 15.4. The number of imidazole rings is 1. The quantitative estimate of drug-likeness (QED) is 0.714. The van der Waals surface area contributed by atoms with E-state index in [1.54, 1.807) is 6.20 Å². The van der Waals surface area contributed by atoms with E-state index in [4.69, 9.17) is 4.52 Å². The molecule has 0 spiro atoms. The lowest BCUT2D eigenvalue weighted by molar-refractivity contribution is 0.0573. The van der Waals surface area contributed by atoms with Crippen LogP contribution in [0.25, 0.3) is 0 Å². The van der Waals surface area contributed by atoms with Gasteiger partial charge >= 0.3 is 0 Å². The normalized spacial score (nSPS) is 19.1. The molecule has 132 valence electrons. The maximum absolute atomic E-state index is 13.4. The van der Waals surface area contributed by atoms with Gasteiger partial charge in [-0.25, -0.2) is 4.98 Å². The van der Waals surface area contributed by atoms with Gasteiger partial charge in [0.2, 0.25) is 0 Å². The summed E-state index contributed by atoms with van der Waals surface area (Å²) in [6.45, 7) is 1.18. The maximum atomic E-state index is 13.4. The van der Waals surface area contributed by atoms with Gasteiger partial charge in [0, 0.05) is 30.9 Å². The molecule has 0 N–H and O–H groups in total. The summed E-state index contributed by atoms with van der Waals surface area (Å²) >= 11 is 0. The number of benzene rings is 1. The fourth-order valence-electron chi connectivity index (χ4n) is 4.07. The molecule has 6 nitrogen and oxygen atoms in total. The highest BCUT2D eigenvalue weighted by Crippen LogP contribution is 2.32. The Kier molecular flexibility index (Phi) is 3.62. The zero-order valence-corrected chi connectivity index (χ0v) is 14.5. The van der Waals surface area contributed by atoms with E-state index < -0.39 is 0 Å². The lowest BCUT2D eigenvalue weighted by Gasteiger charge is -2.36. The van der Waals surface area contributed by atoms with Gasteiger partial charge < -0.3 is 14.0 Å². The van der Waals surface area contributed by atoms with Crippen LogP contribution >= 0.6 is 0 Å². The molecule has 0 fully saturated rings. The van der Waals surface area contributed by atoms with Crippen LogP contribution in [0.4, 0.5) is 0 Å². The van der Waals surface area contributed by atoms with Crippen LogP contribution in [0.1, 0.15) is 52.1 Å². The van der Waals surface area contributed by atoms with E-state index in [0.29, 0.717) is 18.8 Å². The number of amides is 1. The summed E-state index contributed by atoms with van der Waals surface area (Å²) in [7, 11) is 0. The summed E-state index contributed by atoms with van der Waals surface area (Å²) in [5.41, 5.74) is 2.61. The Morgan fingerprint density at radius 3 is 2.88 bits per heavy atom. The molecule has 26 heavy (non-hydrogen) atoms. The van der Waals surface area contributed by atoms with Crippen molar-refractivity contribution >= 4 is 5.91 Å². The molecule has 1 aliphatic carbocycles. The van der Waals surface area contributed by atoms with Gasteiger partial charge in [-0.1, -0.05) is 35.5 Å². The number of carbonyl (C=O) groups is 1. The first-order valence-corrected chi connectivity index (χ1v) is 9.14. The summed E-state index contributed by atoms with van der Waals surface area (Å²) in [4.78, 5) is 19.7. The zero-order valence-electron chi connectivity index (χ0n) is 14.5. The fraction of sp³-hybridized carbons (Fsp3) is 0.350. The first-order chi connectivity index (χ1) is 12.8. The highest BCUT2D eigenvalue weighted by Gasteiger charge is 2.35. The Labute approximate surface area is 151 Å². The van der Waals surface area contributed by atoms with Gasteiger partial charge in [-0.2, -0.15) is 0 Å². The van der Waals surface area contributed by atoms with Gasteiger partial charge in [0.25, 0.3) is 5.91 Å². The predicted octanol–water partition coefficient (Wildman–Crippen LogP) is 3.15. The van der Waals surface area contributed by atoms with Gasteiger partial charge in [0.1, 0.15) is 11.6 Å². The molecule has 0 bridgehead atoms. The first-order valence-electron chi connectivity index (χ1n) is 9.14. The van der Waals surface area contributed by atoms with Gasteiger partial charge in [-0.3, -0.25) is 4.79 Å². The Hall–Kier alpha value is -2.89. The minimum atomic E-state index is -0.0556. The van der Waals surface area contributed by atoms with Crippen LogP contribution in [0, 0.1) is 0 Å². The molecule has 3 aromatic rings. The number of hydrogen-bond donors (Lipinski definition) is 0. The van der Waals surface area contributed by atoms with Crippen LogP contribution in [0.15, 0.2) is 47.2 Å². The largest absolute Gasteiger partial charge is 0.360 e. The van der Waals surface area contributed by atoms with Gasteiger partial charge in [0.15, 0.2) is 5.69 Å². The molecule has 2 aromatic heterocycles. The Bertz CT molecular complexity index is 944. The third kappa shape index (κ3) is 2.44. The van der Waals surface area contributed by atoms with Crippen LogP contribution < -0.4 is 0 Å². The second-order valence-electron chi connectivity index (χ2n) is 7.00. The number of nitrogens with zero attached hydrogens (tertiary/aromatic N) is 4. The third-order valence-electron chi connectivity index (χ3n) is 5.46. The minimum Gasteiger partial charge on any atom is -0.360 e. The number of rotatable bonds is 2. The number of carbonyl (C=O) groups excluding carboxylic acids is 1. The predicted molar refractivity (Wildman–Crippen MR) is 94.4 cm³/mol. The van der Waals surface area contributed by atoms with Crippen molar-refractivity contribution in [3.63, 3.8) is 0 Å². The Morgan fingerprint density at radius 2 is 2.00 bits per heavy atom. The van der Waals surface area contributed by atoms with Crippen molar-refractivity contribution in [1.29, 1.82) is 0 Å². The maximum Gasteiger partial charge on any atom is 0.277 e. The third-order valence-corrected chi connectivity index (χ3v) is 5.46. The molecule has 3 heterocycles. The highest BCUT2D eigenvalue weighted by atomic mass is 16.5. The van der Waals surface area contributed by atoms with Crippen LogP contribution in [0.5, 0.6) is 0 Å². The molecule has 1 atom stereocenters. The molecule has 1 amide bonds. The van der Waals surface area contributed by atoms with Crippen molar-refractivity contribution in [2.75, 3.05) is 0 Å². The fourth-order valence-corrected chi connectivity index (χ4v) is 4.07. The summed E-state index contributed by atoms with van der Waals surface area (Å²) in [5.74, 6) is 1.73. The van der Waals surface area contributed by atoms with Crippen molar-refractivity contribution < 1.29 is 9.32 Å². The van der Waals surface area contributed by atoms with Crippen molar-refractivity contribution in [1.82, 2.24) is 19.6 Å². The van der Waals surface area contributed by atoms with E-state index in [2.05, 4.69) is 26.8 Å². The standard InChI is InChI=1S/C20H20N4O2/c25-20(19-15-8-4-5-9-17(15)26-22-19)24-13-18-21-10-11-23(18)12-16(24)14-6-2-1-3-7-14/h1-3,6-7,10-11,16H,4-5,8-9,12-13H2. The summed E-state index contributed by atoms with van der Waals surface area (Å²) < 4.78 is 7.60. The smallest absolute Gasteiger partial charge is 0.277 e. The van der Waals surface area contributed by atoms with E-state index >= 15 is 0 Å². The molecular formula is C20H20N4O2. The molecule has 1 aliphatic heterocycles. The lowest BCUT2D eigenvalue weighted by atomic mass is 9.95. The molecule has 2 aliphatic rings. The molecule has 6 heteroatoms. The number of aryl methyl sites for hydroxylation is 1. The van der Waals surface area contributed by atoms with Crippen molar-refractivity contribution in [3.05, 3.63) is 71.1 Å². The van der Waals surface area contributed by atoms with Gasteiger partial charge in [-0.15, -0.1) is 0 Å². The van der Waals surface area contributed by atoms with Crippen LogP contribution in [-0.4, -0.2) is 25.5 Å². The molecule has 1 unspecified atom stereocenters. The van der Waals surface area contributed by atoms with Crippen molar-refractivity contribution in [2.45, 2.75) is 44.8 Å². The van der Waals surface area contributed by atoms with Crippen molar-refractivity contribution in [3.8, 4) is 0 Å². The highest BCUT2D eigenvalue weighted by molar-refractivity contribution is 5.94. The summed E-state index contributed by atoms with van der Waals surface area (Å²) in [6.07, 6.45) is 7.71. The lowest BCUT2D eigenvalue weighted by Crippen LogP contribution is -2.41. The van der Waals surface area contributed by atoms with E-state index in [9.17, 15) is 4.79 Å². The number of fused-ring (bicyclic) bond motifs is 2. The molecule has 0 saturated carbocycles. The van der Waals surface area contributed by atoms with Gasteiger partial charge in [0.05, 0.1) is 12.6 Å². The number of aromatic nitrogens is 3. The molecule has 0 saturated heterocycles. The molecular weight excluding hydrogens is 328 g/mol.